The van der Waals surface area contributed by atoms with Crippen LogP contribution in [0.4, 0.5) is 13.2 Å². The highest BCUT2D eigenvalue weighted by atomic mass is 32.2. The van der Waals surface area contributed by atoms with Gasteiger partial charge in [-0.1, -0.05) is 91.0 Å². The van der Waals surface area contributed by atoms with Crippen LogP contribution in [0.2, 0.25) is 0 Å². The quantitative estimate of drug-likeness (QED) is 0.673. The van der Waals surface area contributed by atoms with Crippen LogP contribution in [0.15, 0.2) is 91.0 Å². The zero-order valence-electron chi connectivity index (χ0n) is 14.0. The van der Waals surface area contributed by atoms with Crippen molar-refractivity contribution >= 4 is 33.9 Å². The Morgan fingerprint density at radius 2 is 0.852 bits per heavy atom. The van der Waals surface area contributed by atoms with Crippen LogP contribution in [0.5, 0.6) is 0 Å². The molecule has 27 heavy (non-hydrogen) atoms. The number of nitrogens with two attached hydrogens (primary N) is 1. The van der Waals surface area contributed by atoms with Crippen LogP contribution >= 0.6 is 7.92 Å². The summed E-state index contributed by atoms with van der Waals surface area (Å²) in [7, 11) is -5.79. The van der Waals surface area contributed by atoms with Crippen molar-refractivity contribution in [1.82, 2.24) is 0 Å². The Bertz CT molecular complexity index is 841. The summed E-state index contributed by atoms with van der Waals surface area (Å²) in [6.45, 7) is 0. The minimum absolute atomic E-state index is 0.446. The van der Waals surface area contributed by atoms with E-state index in [1.807, 2.05) is 0 Å². The summed E-state index contributed by atoms with van der Waals surface area (Å²) in [6, 6.07) is 32.3. The first-order valence-corrected chi connectivity index (χ1v) is 10.6. The molecule has 3 rings (SSSR count). The van der Waals surface area contributed by atoms with Crippen molar-refractivity contribution in [3.05, 3.63) is 91.0 Å². The van der Waals surface area contributed by atoms with E-state index in [1.54, 1.807) is 0 Å². The van der Waals surface area contributed by atoms with Crippen LogP contribution in [-0.4, -0.2) is 13.9 Å². The van der Waals surface area contributed by atoms with Crippen molar-refractivity contribution in [2.24, 2.45) is 5.14 Å². The molecule has 0 heterocycles. The Hall–Kier alpha value is -2.21. The van der Waals surface area contributed by atoms with Gasteiger partial charge in [0.15, 0.2) is 0 Å². The van der Waals surface area contributed by atoms with Crippen LogP contribution in [0.3, 0.4) is 0 Å². The molecule has 0 aromatic heterocycles. The number of hydrogen-bond donors (Lipinski definition) is 1. The Morgan fingerprint density at radius 3 is 1.04 bits per heavy atom. The molecule has 3 aromatic carbocycles. The SMILES string of the molecule is NS(=O)(=O)C(F)(F)F.c1ccc(P(c2ccccc2)c2ccccc2)cc1. The first-order valence-electron chi connectivity index (χ1n) is 7.74. The average molecular weight is 411 g/mol. The minimum Gasteiger partial charge on any atom is -0.221 e. The Morgan fingerprint density at radius 1 is 0.630 bits per heavy atom. The van der Waals surface area contributed by atoms with Crippen LogP contribution in [0.25, 0.3) is 0 Å². The van der Waals surface area contributed by atoms with Crippen molar-refractivity contribution in [1.29, 1.82) is 0 Å². The standard InChI is InChI=1S/C18H15P.CH2F3NO2S/c1-4-10-16(11-5-1)19(17-12-6-2-7-13-17)18-14-8-3-9-15-18;2-1(3,4)8(5,6)7/h1-15H;(H2,5,6,7). The molecule has 3 nitrogen and oxygen atoms in total. The van der Waals surface area contributed by atoms with Gasteiger partial charge in [-0.15, -0.1) is 0 Å². The van der Waals surface area contributed by atoms with Gasteiger partial charge in [-0.05, 0) is 23.8 Å². The molecule has 0 radical (unpaired) electrons. The van der Waals surface area contributed by atoms with Crippen molar-refractivity contribution < 1.29 is 21.6 Å². The van der Waals surface area contributed by atoms with E-state index < -0.39 is 23.5 Å². The second-order valence-corrected chi connectivity index (χ2v) is 9.11. The summed E-state index contributed by atoms with van der Waals surface area (Å²) in [5.74, 6) is 0. The van der Waals surface area contributed by atoms with E-state index >= 15 is 0 Å². The summed E-state index contributed by atoms with van der Waals surface area (Å²) in [5, 5.41) is 7.85. The van der Waals surface area contributed by atoms with Gasteiger partial charge in [-0.25, -0.2) is 13.6 Å². The zero-order chi connectivity index (χ0) is 19.9. The molecule has 0 aliphatic carbocycles. The van der Waals surface area contributed by atoms with Gasteiger partial charge in [-0.2, -0.15) is 13.2 Å². The number of primary sulfonamides is 1. The molecule has 0 saturated carbocycles. The molecule has 0 fully saturated rings. The minimum atomic E-state index is -5.34. The molecule has 0 unspecified atom stereocenters. The van der Waals surface area contributed by atoms with Crippen LogP contribution in [0.1, 0.15) is 0 Å². The lowest BCUT2D eigenvalue weighted by atomic mass is 10.4. The number of alkyl halides is 3. The molecule has 0 aliphatic heterocycles. The molecular formula is C19H17F3NO2PS. The van der Waals surface area contributed by atoms with Gasteiger partial charge in [0.2, 0.25) is 0 Å². The average Bonchev–Trinajstić information content (AvgIpc) is 2.64. The van der Waals surface area contributed by atoms with E-state index in [-0.39, 0.29) is 0 Å². The van der Waals surface area contributed by atoms with E-state index in [2.05, 4.69) is 96.1 Å². The topological polar surface area (TPSA) is 60.2 Å². The molecule has 142 valence electrons. The highest BCUT2D eigenvalue weighted by Gasteiger charge is 2.42. The normalized spacial score (nSPS) is 11.6. The van der Waals surface area contributed by atoms with E-state index in [4.69, 9.17) is 0 Å². The summed E-state index contributed by atoms with van der Waals surface area (Å²) in [6.07, 6.45) is 0. The largest absolute Gasteiger partial charge is 0.511 e. The number of rotatable bonds is 3. The summed E-state index contributed by atoms with van der Waals surface area (Å²) in [4.78, 5) is 0. The molecule has 0 amide bonds. The third-order valence-corrected chi connectivity index (χ3v) is 6.45. The van der Waals surface area contributed by atoms with E-state index in [1.165, 1.54) is 15.9 Å². The highest BCUT2D eigenvalue weighted by Crippen LogP contribution is 2.32. The van der Waals surface area contributed by atoms with Gasteiger partial charge in [0.1, 0.15) is 0 Å². The van der Waals surface area contributed by atoms with E-state index in [0.29, 0.717) is 0 Å². The smallest absolute Gasteiger partial charge is 0.221 e. The highest BCUT2D eigenvalue weighted by molar-refractivity contribution is 7.90. The summed E-state index contributed by atoms with van der Waals surface area (Å²) < 4.78 is 51.2. The van der Waals surface area contributed by atoms with Crippen LogP contribution in [0, 0.1) is 0 Å². The molecule has 0 spiro atoms. The van der Waals surface area contributed by atoms with Crippen LogP contribution < -0.4 is 21.1 Å². The second-order valence-electron chi connectivity index (χ2n) is 5.33. The number of sulfonamides is 1. The zero-order valence-corrected chi connectivity index (χ0v) is 15.8. The maximum atomic E-state index is 10.8. The summed E-state index contributed by atoms with van der Waals surface area (Å²) >= 11 is 0. The number of halogens is 3. The van der Waals surface area contributed by atoms with Crippen molar-refractivity contribution in [2.45, 2.75) is 5.51 Å². The van der Waals surface area contributed by atoms with Gasteiger partial charge >= 0.3 is 15.5 Å². The first kappa shape index (κ1) is 21.1. The third kappa shape index (κ3) is 6.17. The monoisotopic (exact) mass is 411 g/mol. The number of hydrogen-bond acceptors (Lipinski definition) is 2. The molecular weight excluding hydrogens is 394 g/mol. The molecule has 0 atom stereocenters. The maximum absolute atomic E-state index is 10.8. The molecule has 0 aliphatic rings. The molecule has 8 heteroatoms. The second kappa shape index (κ2) is 9.13. The lowest BCUT2D eigenvalue weighted by Gasteiger charge is -2.18. The van der Waals surface area contributed by atoms with Gasteiger partial charge < -0.3 is 0 Å². The molecule has 2 N–H and O–H groups in total. The van der Waals surface area contributed by atoms with Gasteiger partial charge in [0.25, 0.3) is 0 Å². The van der Waals surface area contributed by atoms with E-state index in [9.17, 15) is 21.6 Å². The fraction of sp³-hybridized carbons (Fsp3) is 0.0526. The molecule has 0 bridgehead atoms. The third-order valence-electron chi connectivity index (χ3n) is 3.37. The van der Waals surface area contributed by atoms with Crippen LogP contribution in [-0.2, 0) is 10.0 Å². The molecule has 3 aromatic rings. The first-order chi connectivity index (χ1) is 12.7. The fourth-order valence-electron chi connectivity index (χ4n) is 2.18. The van der Waals surface area contributed by atoms with Gasteiger partial charge in [0, 0.05) is 0 Å². The lowest BCUT2D eigenvalue weighted by Crippen LogP contribution is -2.30. The Labute approximate surface area is 157 Å². The van der Waals surface area contributed by atoms with Crippen molar-refractivity contribution in [3.8, 4) is 0 Å². The van der Waals surface area contributed by atoms with E-state index in [0.717, 1.165) is 0 Å². The molecule has 0 saturated heterocycles. The van der Waals surface area contributed by atoms with Gasteiger partial charge in [-0.3, -0.25) is 0 Å². The summed E-state index contributed by atoms with van der Waals surface area (Å²) in [5.41, 5.74) is -5.31. The predicted octanol–water partition coefficient (Wildman–Crippen LogP) is 3.24. The van der Waals surface area contributed by atoms with Gasteiger partial charge in [0.05, 0.1) is 0 Å². The maximum Gasteiger partial charge on any atom is 0.511 e. The number of benzene rings is 3. The predicted molar refractivity (Wildman–Crippen MR) is 104 cm³/mol. The van der Waals surface area contributed by atoms with Crippen molar-refractivity contribution in [3.63, 3.8) is 0 Å². The van der Waals surface area contributed by atoms with Crippen molar-refractivity contribution in [2.75, 3.05) is 0 Å². The lowest BCUT2D eigenvalue weighted by molar-refractivity contribution is -0.0436. The Balaban J connectivity index is 0.000000279. The Kier molecular flexibility index (Phi) is 7.13. The fourth-order valence-corrected chi connectivity index (χ4v) is 4.48.